The normalized spacial score (nSPS) is 10.1. The van der Waals surface area contributed by atoms with Gasteiger partial charge in [0.25, 0.3) is 5.91 Å². The molecule has 0 saturated carbocycles. The van der Waals surface area contributed by atoms with Gasteiger partial charge in [-0.3, -0.25) is 4.79 Å². The lowest BCUT2D eigenvalue weighted by Gasteiger charge is -2.06. The van der Waals surface area contributed by atoms with Crippen molar-refractivity contribution in [1.82, 2.24) is 0 Å². The molecule has 3 nitrogen and oxygen atoms in total. The Hall–Kier alpha value is -2.07. The second-order valence-corrected chi connectivity index (χ2v) is 4.10. The van der Waals surface area contributed by atoms with Crippen molar-refractivity contribution in [3.63, 3.8) is 0 Å². The first kappa shape index (κ1) is 12.4. The monoisotopic (exact) mass is 264 g/mol. The Bertz CT molecular complexity index is 584. The molecule has 3 N–H and O–H groups in total. The number of nitrogens with one attached hydrogen (secondary N) is 1. The van der Waals surface area contributed by atoms with Crippen molar-refractivity contribution in [2.45, 2.75) is 0 Å². The van der Waals surface area contributed by atoms with Crippen LogP contribution in [0.3, 0.4) is 0 Å². The molecule has 1 amide bonds. The number of halogens is 2. The number of rotatable bonds is 2. The summed E-state index contributed by atoms with van der Waals surface area (Å²) < 4.78 is 12.7. The summed E-state index contributed by atoms with van der Waals surface area (Å²) in [6, 6.07) is 10.1. The number of hydrogen-bond donors (Lipinski definition) is 2. The third kappa shape index (κ3) is 2.78. The third-order valence-electron chi connectivity index (χ3n) is 2.36. The smallest absolute Gasteiger partial charge is 0.255 e. The zero-order valence-electron chi connectivity index (χ0n) is 9.28. The number of nitrogen functional groups attached to an aromatic ring is 1. The lowest BCUT2D eigenvalue weighted by atomic mass is 10.2. The van der Waals surface area contributed by atoms with Crippen LogP contribution in [0.5, 0.6) is 0 Å². The molecule has 18 heavy (non-hydrogen) atoms. The molecule has 92 valence electrons. The van der Waals surface area contributed by atoms with Crippen molar-refractivity contribution < 1.29 is 9.18 Å². The van der Waals surface area contributed by atoms with Crippen molar-refractivity contribution in [3.05, 3.63) is 58.9 Å². The van der Waals surface area contributed by atoms with Crippen LogP contribution in [-0.4, -0.2) is 5.91 Å². The van der Waals surface area contributed by atoms with Gasteiger partial charge in [-0.05, 0) is 42.5 Å². The van der Waals surface area contributed by atoms with E-state index in [0.29, 0.717) is 22.0 Å². The summed E-state index contributed by atoms with van der Waals surface area (Å²) in [6.07, 6.45) is 0. The van der Waals surface area contributed by atoms with E-state index in [1.54, 1.807) is 12.1 Å². The molecule has 0 bridgehead atoms. The van der Waals surface area contributed by atoms with Crippen molar-refractivity contribution in [2.24, 2.45) is 0 Å². The van der Waals surface area contributed by atoms with E-state index in [4.69, 9.17) is 17.3 Å². The van der Waals surface area contributed by atoms with Gasteiger partial charge in [-0.2, -0.15) is 0 Å². The summed E-state index contributed by atoms with van der Waals surface area (Å²) in [5, 5.41) is 2.95. The zero-order valence-corrected chi connectivity index (χ0v) is 10.0. The van der Waals surface area contributed by atoms with E-state index in [1.165, 1.54) is 30.3 Å². The van der Waals surface area contributed by atoms with E-state index >= 15 is 0 Å². The van der Waals surface area contributed by atoms with Gasteiger partial charge in [-0.1, -0.05) is 11.6 Å². The Morgan fingerprint density at radius 3 is 2.44 bits per heavy atom. The molecule has 0 radical (unpaired) electrons. The Morgan fingerprint density at radius 1 is 1.17 bits per heavy atom. The molecule has 0 spiro atoms. The van der Waals surface area contributed by atoms with Gasteiger partial charge in [-0.25, -0.2) is 4.39 Å². The maximum atomic E-state index is 12.7. The Labute approximate surface area is 108 Å². The summed E-state index contributed by atoms with van der Waals surface area (Å²) in [4.78, 5) is 11.9. The first-order valence-electron chi connectivity index (χ1n) is 5.18. The van der Waals surface area contributed by atoms with Gasteiger partial charge >= 0.3 is 0 Å². The molecule has 0 aliphatic carbocycles. The average Bonchev–Trinajstić information content (AvgIpc) is 2.35. The van der Waals surface area contributed by atoms with Crippen LogP contribution in [0.2, 0.25) is 5.02 Å². The molecule has 2 aromatic carbocycles. The van der Waals surface area contributed by atoms with Gasteiger partial charge in [0.15, 0.2) is 0 Å². The van der Waals surface area contributed by atoms with Crippen molar-refractivity contribution >= 4 is 28.9 Å². The molecular formula is C13H10ClFN2O. The fourth-order valence-electron chi connectivity index (χ4n) is 1.40. The molecular weight excluding hydrogens is 255 g/mol. The standard InChI is InChI=1S/C13H10ClFN2O/c14-11-7-8(1-6-12(11)16)13(18)17-10-4-2-9(15)3-5-10/h1-7H,16H2,(H,17,18). The fourth-order valence-corrected chi connectivity index (χ4v) is 1.59. The predicted molar refractivity (Wildman–Crippen MR) is 70.2 cm³/mol. The average molecular weight is 265 g/mol. The topological polar surface area (TPSA) is 55.1 Å². The molecule has 5 heteroatoms. The Balaban J connectivity index is 2.16. The first-order valence-corrected chi connectivity index (χ1v) is 5.56. The minimum absolute atomic E-state index is 0.321. The summed E-state index contributed by atoms with van der Waals surface area (Å²) in [7, 11) is 0. The summed E-state index contributed by atoms with van der Waals surface area (Å²) in [5.74, 6) is -0.688. The van der Waals surface area contributed by atoms with Crippen LogP contribution >= 0.6 is 11.6 Å². The van der Waals surface area contributed by atoms with Crippen LogP contribution in [0.1, 0.15) is 10.4 Å². The fraction of sp³-hybridized carbons (Fsp3) is 0. The van der Waals surface area contributed by atoms with E-state index < -0.39 is 0 Å². The quantitative estimate of drug-likeness (QED) is 0.818. The number of anilines is 2. The molecule has 0 unspecified atom stereocenters. The number of benzene rings is 2. The van der Waals surface area contributed by atoms with E-state index in [9.17, 15) is 9.18 Å². The lowest BCUT2D eigenvalue weighted by molar-refractivity contribution is 0.102. The van der Waals surface area contributed by atoms with Crippen LogP contribution in [0.25, 0.3) is 0 Å². The molecule has 0 atom stereocenters. The molecule has 0 saturated heterocycles. The van der Waals surface area contributed by atoms with Crippen molar-refractivity contribution in [3.8, 4) is 0 Å². The minimum atomic E-state index is -0.358. The van der Waals surface area contributed by atoms with Gasteiger partial charge in [-0.15, -0.1) is 0 Å². The van der Waals surface area contributed by atoms with E-state index in [1.807, 2.05) is 0 Å². The molecule has 2 aromatic rings. The molecule has 0 heterocycles. The maximum Gasteiger partial charge on any atom is 0.255 e. The van der Waals surface area contributed by atoms with E-state index in [2.05, 4.69) is 5.32 Å². The third-order valence-corrected chi connectivity index (χ3v) is 2.69. The second-order valence-electron chi connectivity index (χ2n) is 3.70. The molecule has 2 rings (SSSR count). The van der Waals surface area contributed by atoms with Gasteiger partial charge in [0.1, 0.15) is 5.82 Å². The highest BCUT2D eigenvalue weighted by Gasteiger charge is 2.08. The van der Waals surface area contributed by atoms with Crippen LogP contribution in [0.4, 0.5) is 15.8 Å². The number of carbonyl (C=O) groups is 1. The highest BCUT2D eigenvalue weighted by molar-refractivity contribution is 6.33. The molecule has 0 aliphatic rings. The molecule has 0 aromatic heterocycles. The van der Waals surface area contributed by atoms with Crippen LogP contribution in [0, 0.1) is 5.82 Å². The largest absolute Gasteiger partial charge is 0.398 e. The number of carbonyl (C=O) groups excluding carboxylic acids is 1. The van der Waals surface area contributed by atoms with Crippen molar-refractivity contribution in [2.75, 3.05) is 11.1 Å². The van der Waals surface area contributed by atoms with Crippen molar-refractivity contribution in [1.29, 1.82) is 0 Å². The van der Waals surface area contributed by atoms with Gasteiger partial charge < -0.3 is 11.1 Å². The zero-order chi connectivity index (χ0) is 13.1. The predicted octanol–water partition coefficient (Wildman–Crippen LogP) is 3.31. The minimum Gasteiger partial charge on any atom is -0.398 e. The lowest BCUT2D eigenvalue weighted by Crippen LogP contribution is -2.11. The van der Waals surface area contributed by atoms with E-state index in [0.717, 1.165) is 0 Å². The van der Waals surface area contributed by atoms with Crippen LogP contribution in [-0.2, 0) is 0 Å². The van der Waals surface area contributed by atoms with Crippen LogP contribution in [0.15, 0.2) is 42.5 Å². The number of nitrogens with two attached hydrogens (primary N) is 1. The molecule has 0 aliphatic heterocycles. The van der Waals surface area contributed by atoms with Gasteiger partial charge in [0, 0.05) is 11.3 Å². The maximum absolute atomic E-state index is 12.7. The highest BCUT2D eigenvalue weighted by atomic mass is 35.5. The number of amides is 1. The second kappa shape index (κ2) is 5.06. The van der Waals surface area contributed by atoms with E-state index in [-0.39, 0.29) is 11.7 Å². The summed E-state index contributed by atoms with van der Waals surface area (Å²) >= 11 is 5.83. The number of hydrogen-bond acceptors (Lipinski definition) is 2. The Kier molecular flexibility index (Phi) is 3.48. The molecule has 0 fully saturated rings. The van der Waals surface area contributed by atoms with Gasteiger partial charge in [0.05, 0.1) is 10.7 Å². The summed E-state index contributed by atoms with van der Waals surface area (Å²) in [5.41, 5.74) is 6.86. The summed E-state index contributed by atoms with van der Waals surface area (Å²) in [6.45, 7) is 0. The van der Waals surface area contributed by atoms with Crippen LogP contribution < -0.4 is 11.1 Å². The Morgan fingerprint density at radius 2 is 1.83 bits per heavy atom. The van der Waals surface area contributed by atoms with Gasteiger partial charge in [0.2, 0.25) is 0 Å². The first-order chi connectivity index (χ1) is 8.56. The highest BCUT2D eigenvalue weighted by Crippen LogP contribution is 2.20. The SMILES string of the molecule is Nc1ccc(C(=O)Nc2ccc(F)cc2)cc1Cl.